The van der Waals surface area contributed by atoms with E-state index in [0.29, 0.717) is 6.54 Å². The zero-order chi connectivity index (χ0) is 15.5. The number of aromatic nitrogens is 3. The average molecular weight is 319 g/mol. The standard InChI is InChI=1S/C17H13N5S/c1-3-15(21-19-11-13-5-7-18-8-6-13)4-2-14(1)16-12-22-9-10-23-17(22)20-16/h1-10,12H,11H2. The summed E-state index contributed by atoms with van der Waals surface area (Å²) in [6, 6.07) is 11.8. The second-order valence-corrected chi connectivity index (χ2v) is 5.89. The van der Waals surface area contributed by atoms with E-state index in [1.165, 1.54) is 0 Å². The molecule has 0 atom stereocenters. The highest BCUT2D eigenvalue weighted by atomic mass is 32.1. The highest BCUT2D eigenvalue weighted by molar-refractivity contribution is 7.15. The molecule has 0 amide bonds. The molecule has 0 unspecified atom stereocenters. The molecule has 3 aromatic heterocycles. The molecule has 0 N–H and O–H groups in total. The minimum absolute atomic E-state index is 0.557. The van der Waals surface area contributed by atoms with Gasteiger partial charge in [0.25, 0.3) is 0 Å². The molecule has 0 fully saturated rings. The molecule has 0 saturated heterocycles. The van der Waals surface area contributed by atoms with Gasteiger partial charge in [-0.2, -0.15) is 10.2 Å². The maximum absolute atomic E-state index is 4.60. The molecule has 1 aromatic carbocycles. The van der Waals surface area contributed by atoms with Crippen molar-refractivity contribution in [3.8, 4) is 11.3 Å². The number of benzene rings is 1. The fourth-order valence-electron chi connectivity index (χ4n) is 2.25. The lowest BCUT2D eigenvalue weighted by Gasteiger charge is -1.97. The molecule has 23 heavy (non-hydrogen) atoms. The minimum atomic E-state index is 0.557. The molecule has 4 aromatic rings. The summed E-state index contributed by atoms with van der Waals surface area (Å²) >= 11 is 1.63. The summed E-state index contributed by atoms with van der Waals surface area (Å²) in [5, 5.41) is 10.5. The first kappa shape index (κ1) is 13.8. The SMILES string of the molecule is c1cc(CN=Nc2ccc(-c3cn4ccsc4n3)cc2)ccn1. The van der Waals surface area contributed by atoms with E-state index in [9.17, 15) is 0 Å². The van der Waals surface area contributed by atoms with Crippen LogP contribution in [0.4, 0.5) is 5.69 Å². The van der Waals surface area contributed by atoms with E-state index in [4.69, 9.17) is 0 Å². The number of pyridine rings is 1. The van der Waals surface area contributed by atoms with Crippen LogP contribution in [0.2, 0.25) is 0 Å². The molecule has 0 radical (unpaired) electrons. The topological polar surface area (TPSA) is 54.9 Å². The molecule has 4 rings (SSSR count). The number of azo groups is 1. The fraction of sp³-hybridized carbons (Fsp3) is 0.0588. The molecule has 0 saturated carbocycles. The van der Waals surface area contributed by atoms with E-state index >= 15 is 0 Å². The Morgan fingerprint density at radius 3 is 2.65 bits per heavy atom. The number of thiazole rings is 1. The van der Waals surface area contributed by atoms with Gasteiger partial charge in [-0.1, -0.05) is 12.1 Å². The number of nitrogens with zero attached hydrogens (tertiary/aromatic N) is 5. The molecular formula is C17H13N5S. The first-order chi connectivity index (χ1) is 11.4. The average Bonchev–Trinajstić information content (AvgIpc) is 3.18. The molecule has 6 heteroatoms. The second kappa shape index (κ2) is 6.10. The lowest BCUT2D eigenvalue weighted by atomic mass is 10.1. The van der Waals surface area contributed by atoms with Gasteiger partial charge in [-0.05, 0) is 29.8 Å². The number of hydrogen-bond donors (Lipinski definition) is 0. The van der Waals surface area contributed by atoms with Crippen molar-refractivity contribution in [2.24, 2.45) is 10.2 Å². The van der Waals surface area contributed by atoms with Gasteiger partial charge in [-0.25, -0.2) is 4.98 Å². The van der Waals surface area contributed by atoms with Crippen LogP contribution in [-0.2, 0) is 6.54 Å². The maximum atomic E-state index is 4.60. The molecule has 112 valence electrons. The van der Waals surface area contributed by atoms with Gasteiger partial charge in [0.15, 0.2) is 4.96 Å². The Bertz CT molecular complexity index is 909. The molecule has 3 heterocycles. The Morgan fingerprint density at radius 2 is 1.87 bits per heavy atom. The van der Waals surface area contributed by atoms with E-state index in [2.05, 4.69) is 20.2 Å². The molecule has 5 nitrogen and oxygen atoms in total. The number of fused-ring (bicyclic) bond motifs is 1. The van der Waals surface area contributed by atoms with Gasteiger partial charge < -0.3 is 0 Å². The third-order valence-corrected chi connectivity index (χ3v) is 4.22. The van der Waals surface area contributed by atoms with Crippen molar-refractivity contribution in [1.82, 2.24) is 14.4 Å². The van der Waals surface area contributed by atoms with Crippen molar-refractivity contribution in [2.75, 3.05) is 0 Å². The molecule has 0 spiro atoms. The van der Waals surface area contributed by atoms with Crippen molar-refractivity contribution in [1.29, 1.82) is 0 Å². The van der Waals surface area contributed by atoms with Crippen LogP contribution in [0.1, 0.15) is 5.56 Å². The summed E-state index contributed by atoms with van der Waals surface area (Å²) in [7, 11) is 0. The van der Waals surface area contributed by atoms with Crippen molar-refractivity contribution in [3.05, 3.63) is 72.1 Å². The number of hydrogen-bond acceptors (Lipinski definition) is 5. The van der Waals surface area contributed by atoms with Crippen LogP contribution in [0.25, 0.3) is 16.2 Å². The number of rotatable bonds is 4. The summed E-state index contributed by atoms with van der Waals surface area (Å²) in [5.74, 6) is 0. The van der Waals surface area contributed by atoms with Crippen LogP contribution in [0.5, 0.6) is 0 Å². The van der Waals surface area contributed by atoms with Gasteiger partial charge in [0.05, 0.1) is 17.9 Å². The molecule has 0 aliphatic rings. The Labute approximate surface area is 137 Å². The quantitative estimate of drug-likeness (QED) is 0.510. The van der Waals surface area contributed by atoms with Gasteiger partial charge in [0, 0.05) is 35.7 Å². The first-order valence-corrected chi connectivity index (χ1v) is 8.05. The largest absolute Gasteiger partial charge is 0.297 e. The Balaban J connectivity index is 1.48. The minimum Gasteiger partial charge on any atom is -0.297 e. The molecule has 0 bridgehead atoms. The Hall–Kier alpha value is -2.86. The van der Waals surface area contributed by atoms with Crippen LogP contribution in [0.3, 0.4) is 0 Å². The van der Waals surface area contributed by atoms with Gasteiger partial charge in [0.1, 0.15) is 0 Å². The van der Waals surface area contributed by atoms with E-state index in [1.54, 1.807) is 23.7 Å². The van der Waals surface area contributed by atoms with E-state index < -0.39 is 0 Å². The van der Waals surface area contributed by atoms with Crippen LogP contribution in [0, 0.1) is 0 Å². The van der Waals surface area contributed by atoms with E-state index in [1.807, 2.05) is 58.6 Å². The highest BCUT2D eigenvalue weighted by Gasteiger charge is 2.04. The Morgan fingerprint density at radius 1 is 1.04 bits per heavy atom. The molecule has 0 aliphatic carbocycles. The summed E-state index contributed by atoms with van der Waals surface area (Å²) in [6.07, 6.45) is 7.56. The van der Waals surface area contributed by atoms with E-state index in [-0.39, 0.29) is 0 Å². The lowest BCUT2D eigenvalue weighted by molar-refractivity contribution is 0.955. The van der Waals surface area contributed by atoms with Crippen molar-refractivity contribution in [3.63, 3.8) is 0 Å². The number of imidazole rings is 1. The van der Waals surface area contributed by atoms with Crippen molar-refractivity contribution < 1.29 is 0 Å². The predicted octanol–water partition coefficient (Wildman–Crippen LogP) is 4.74. The lowest BCUT2D eigenvalue weighted by Crippen LogP contribution is -1.80. The second-order valence-electron chi connectivity index (χ2n) is 5.02. The summed E-state index contributed by atoms with van der Waals surface area (Å²) in [4.78, 5) is 9.58. The highest BCUT2D eigenvalue weighted by Crippen LogP contribution is 2.24. The third kappa shape index (κ3) is 3.02. The maximum Gasteiger partial charge on any atom is 0.194 e. The predicted molar refractivity (Wildman–Crippen MR) is 91.0 cm³/mol. The van der Waals surface area contributed by atoms with Crippen LogP contribution >= 0.6 is 11.3 Å². The summed E-state index contributed by atoms with van der Waals surface area (Å²) in [5.41, 5.74) is 3.98. The van der Waals surface area contributed by atoms with Gasteiger partial charge >= 0.3 is 0 Å². The normalized spacial score (nSPS) is 11.5. The fourth-order valence-corrected chi connectivity index (χ4v) is 2.95. The third-order valence-electron chi connectivity index (χ3n) is 3.45. The smallest absolute Gasteiger partial charge is 0.194 e. The van der Waals surface area contributed by atoms with Crippen LogP contribution in [-0.4, -0.2) is 14.4 Å². The van der Waals surface area contributed by atoms with Crippen molar-refractivity contribution in [2.45, 2.75) is 6.54 Å². The zero-order valence-corrected chi connectivity index (χ0v) is 13.0. The van der Waals surface area contributed by atoms with Crippen LogP contribution in [0.15, 0.2) is 76.8 Å². The summed E-state index contributed by atoms with van der Waals surface area (Å²) < 4.78 is 2.03. The Kier molecular flexibility index (Phi) is 3.65. The van der Waals surface area contributed by atoms with Gasteiger partial charge in [-0.15, -0.1) is 11.3 Å². The monoisotopic (exact) mass is 319 g/mol. The summed E-state index contributed by atoms with van der Waals surface area (Å²) in [6.45, 7) is 0.557. The van der Waals surface area contributed by atoms with Crippen LogP contribution < -0.4 is 0 Å². The molecular weight excluding hydrogens is 306 g/mol. The first-order valence-electron chi connectivity index (χ1n) is 7.17. The van der Waals surface area contributed by atoms with Gasteiger partial charge in [-0.3, -0.25) is 9.38 Å². The zero-order valence-electron chi connectivity index (χ0n) is 12.2. The van der Waals surface area contributed by atoms with Crippen molar-refractivity contribution >= 4 is 22.0 Å². The van der Waals surface area contributed by atoms with Gasteiger partial charge in [0.2, 0.25) is 0 Å². The van der Waals surface area contributed by atoms with E-state index in [0.717, 1.165) is 27.5 Å². The molecule has 0 aliphatic heterocycles.